The van der Waals surface area contributed by atoms with Crippen molar-refractivity contribution in [3.05, 3.63) is 23.7 Å². The van der Waals surface area contributed by atoms with Gasteiger partial charge in [0.15, 0.2) is 0 Å². The van der Waals surface area contributed by atoms with E-state index in [1.54, 1.807) is 6.07 Å². The van der Waals surface area contributed by atoms with Crippen LogP contribution in [-0.4, -0.2) is 17.1 Å². The molecule has 4 nitrogen and oxygen atoms in total. The van der Waals surface area contributed by atoms with Crippen molar-refractivity contribution >= 4 is 5.97 Å². The van der Waals surface area contributed by atoms with Gasteiger partial charge in [-0.15, -0.1) is 0 Å². The smallest absolute Gasteiger partial charge is 0.371 e. The predicted octanol–water partition coefficient (Wildman–Crippen LogP) is 1.62. The molecule has 0 saturated heterocycles. The van der Waals surface area contributed by atoms with Gasteiger partial charge in [0, 0.05) is 6.04 Å². The molecule has 1 aromatic heterocycles. The van der Waals surface area contributed by atoms with Crippen LogP contribution in [0, 0.1) is 0 Å². The predicted molar refractivity (Wildman–Crippen MR) is 50.1 cm³/mol. The van der Waals surface area contributed by atoms with Crippen molar-refractivity contribution in [2.75, 3.05) is 0 Å². The number of hydrogen-bond acceptors (Lipinski definition) is 3. The molecule has 0 aromatic carbocycles. The van der Waals surface area contributed by atoms with Crippen LogP contribution in [0.3, 0.4) is 0 Å². The van der Waals surface area contributed by atoms with Crippen LogP contribution in [0.4, 0.5) is 0 Å². The van der Waals surface area contributed by atoms with Gasteiger partial charge >= 0.3 is 5.97 Å². The molecular formula is C10H13NO3. The van der Waals surface area contributed by atoms with Crippen LogP contribution in [0.2, 0.25) is 0 Å². The highest BCUT2D eigenvalue weighted by atomic mass is 16.4. The van der Waals surface area contributed by atoms with E-state index in [1.807, 2.05) is 0 Å². The van der Waals surface area contributed by atoms with E-state index in [1.165, 1.54) is 25.3 Å². The lowest BCUT2D eigenvalue weighted by Crippen LogP contribution is -2.34. The number of rotatable bonds is 4. The number of carboxylic acids is 1. The summed E-state index contributed by atoms with van der Waals surface area (Å²) in [7, 11) is 0. The van der Waals surface area contributed by atoms with Crippen molar-refractivity contribution in [1.29, 1.82) is 0 Å². The van der Waals surface area contributed by atoms with E-state index < -0.39 is 5.97 Å². The Bertz CT molecular complexity index is 328. The molecule has 1 aliphatic carbocycles. The zero-order valence-corrected chi connectivity index (χ0v) is 7.82. The maximum atomic E-state index is 10.5. The molecule has 0 amide bonds. The van der Waals surface area contributed by atoms with Gasteiger partial charge in [0.25, 0.3) is 0 Å². The average molecular weight is 195 g/mol. The van der Waals surface area contributed by atoms with Crippen LogP contribution in [-0.2, 0) is 6.54 Å². The quantitative estimate of drug-likeness (QED) is 0.766. The lowest BCUT2D eigenvalue weighted by Gasteiger charge is -2.25. The Kier molecular flexibility index (Phi) is 2.54. The van der Waals surface area contributed by atoms with E-state index in [0.717, 1.165) is 0 Å². The van der Waals surface area contributed by atoms with Crippen LogP contribution >= 0.6 is 0 Å². The number of carbonyl (C=O) groups is 1. The van der Waals surface area contributed by atoms with Gasteiger partial charge in [-0.3, -0.25) is 0 Å². The Morgan fingerprint density at radius 3 is 2.86 bits per heavy atom. The monoisotopic (exact) mass is 195 g/mol. The summed E-state index contributed by atoms with van der Waals surface area (Å²) < 4.78 is 5.10. The molecule has 0 atom stereocenters. The minimum Gasteiger partial charge on any atom is -0.475 e. The molecule has 1 heterocycles. The summed E-state index contributed by atoms with van der Waals surface area (Å²) in [5, 5.41) is 11.9. The molecule has 0 unspecified atom stereocenters. The van der Waals surface area contributed by atoms with E-state index in [0.29, 0.717) is 18.3 Å². The highest BCUT2D eigenvalue weighted by molar-refractivity contribution is 5.84. The normalized spacial score (nSPS) is 16.6. The summed E-state index contributed by atoms with van der Waals surface area (Å²) in [6, 6.07) is 3.78. The fourth-order valence-corrected chi connectivity index (χ4v) is 1.45. The highest BCUT2D eigenvalue weighted by Gasteiger charge is 2.17. The van der Waals surface area contributed by atoms with Gasteiger partial charge in [0.05, 0.1) is 6.54 Å². The Hall–Kier alpha value is -1.29. The molecule has 76 valence electrons. The van der Waals surface area contributed by atoms with E-state index >= 15 is 0 Å². The second-order valence-corrected chi connectivity index (χ2v) is 3.58. The fourth-order valence-electron chi connectivity index (χ4n) is 1.45. The molecule has 2 rings (SSSR count). The summed E-state index contributed by atoms with van der Waals surface area (Å²) in [5.74, 6) is -0.315. The molecule has 1 saturated carbocycles. The molecule has 0 bridgehead atoms. The third kappa shape index (κ3) is 1.96. The van der Waals surface area contributed by atoms with Gasteiger partial charge in [0.2, 0.25) is 5.76 Å². The van der Waals surface area contributed by atoms with Crippen molar-refractivity contribution in [3.8, 4) is 0 Å². The van der Waals surface area contributed by atoms with Crippen LogP contribution in [0.15, 0.2) is 16.5 Å². The Morgan fingerprint density at radius 1 is 1.57 bits per heavy atom. The molecule has 1 aromatic rings. The lowest BCUT2D eigenvalue weighted by atomic mass is 9.93. The standard InChI is InChI=1S/C10H13NO3/c12-10(13)9-5-4-8(14-9)6-11-7-2-1-3-7/h4-5,7,11H,1-3,6H2,(H,12,13). The first-order chi connectivity index (χ1) is 6.75. The summed E-state index contributed by atoms with van der Waals surface area (Å²) in [5.41, 5.74) is 0. The largest absolute Gasteiger partial charge is 0.475 e. The maximum absolute atomic E-state index is 10.5. The van der Waals surface area contributed by atoms with E-state index in [9.17, 15) is 4.79 Å². The second kappa shape index (κ2) is 3.84. The Morgan fingerprint density at radius 2 is 2.36 bits per heavy atom. The van der Waals surface area contributed by atoms with Crippen LogP contribution in [0.1, 0.15) is 35.6 Å². The van der Waals surface area contributed by atoms with Gasteiger partial charge in [-0.1, -0.05) is 6.42 Å². The Balaban J connectivity index is 1.86. The number of furan rings is 1. The molecule has 14 heavy (non-hydrogen) atoms. The number of carboxylic acid groups (broad SMARTS) is 1. The first-order valence-corrected chi connectivity index (χ1v) is 4.81. The van der Waals surface area contributed by atoms with Gasteiger partial charge in [-0.05, 0) is 25.0 Å². The van der Waals surface area contributed by atoms with E-state index in [2.05, 4.69) is 5.32 Å². The minimum atomic E-state index is -1.01. The Labute approximate surface area is 81.9 Å². The first kappa shape index (κ1) is 9.27. The SMILES string of the molecule is O=C(O)c1ccc(CNC2CCC2)o1. The van der Waals surface area contributed by atoms with Crippen molar-refractivity contribution in [1.82, 2.24) is 5.32 Å². The number of aromatic carboxylic acids is 1. The third-order valence-electron chi connectivity index (χ3n) is 2.54. The van der Waals surface area contributed by atoms with Gasteiger partial charge < -0.3 is 14.8 Å². The molecule has 0 aliphatic heterocycles. The van der Waals surface area contributed by atoms with E-state index in [4.69, 9.17) is 9.52 Å². The zero-order valence-electron chi connectivity index (χ0n) is 7.82. The lowest BCUT2D eigenvalue weighted by molar-refractivity contribution is 0.0660. The number of hydrogen-bond donors (Lipinski definition) is 2. The molecule has 2 N–H and O–H groups in total. The van der Waals surface area contributed by atoms with Crippen LogP contribution < -0.4 is 5.32 Å². The summed E-state index contributed by atoms with van der Waals surface area (Å²) in [4.78, 5) is 10.5. The minimum absolute atomic E-state index is 0.00964. The summed E-state index contributed by atoms with van der Waals surface area (Å²) in [6.07, 6.45) is 3.72. The maximum Gasteiger partial charge on any atom is 0.371 e. The van der Waals surface area contributed by atoms with Crippen molar-refractivity contribution in [2.45, 2.75) is 31.8 Å². The third-order valence-corrected chi connectivity index (χ3v) is 2.54. The molecular weight excluding hydrogens is 182 g/mol. The van der Waals surface area contributed by atoms with Gasteiger partial charge in [0.1, 0.15) is 5.76 Å². The fraction of sp³-hybridized carbons (Fsp3) is 0.500. The molecule has 4 heteroatoms. The molecule has 1 aliphatic rings. The molecule has 1 fully saturated rings. The van der Waals surface area contributed by atoms with Crippen molar-refractivity contribution < 1.29 is 14.3 Å². The topological polar surface area (TPSA) is 62.5 Å². The summed E-state index contributed by atoms with van der Waals surface area (Å²) >= 11 is 0. The molecule has 0 spiro atoms. The van der Waals surface area contributed by atoms with Crippen LogP contribution in [0.25, 0.3) is 0 Å². The van der Waals surface area contributed by atoms with E-state index in [-0.39, 0.29) is 5.76 Å². The number of nitrogens with one attached hydrogen (secondary N) is 1. The van der Waals surface area contributed by atoms with Gasteiger partial charge in [-0.2, -0.15) is 0 Å². The van der Waals surface area contributed by atoms with Crippen LogP contribution in [0.5, 0.6) is 0 Å². The zero-order chi connectivity index (χ0) is 9.97. The first-order valence-electron chi connectivity index (χ1n) is 4.81. The molecule has 0 radical (unpaired) electrons. The average Bonchev–Trinajstić information content (AvgIpc) is 2.50. The van der Waals surface area contributed by atoms with Crippen molar-refractivity contribution in [3.63, 3.8) is 0 Å². The van der Waals surface area contributed by atoms with Crippen molar-refractivity contribution in [2.24, 2.45) is 0 Å². The second-order valence-electron chi connectivity index (χ2n) is 3.58. The summed E-state index contributed by atoms with van der Waals surface area (Å²) in [6.45, 7) is 0.623. The van der Waals surface area contributed by atoms with Gasteiger partial charge in [-0.25, -0.2) is 4.79 Å². The highest BCUT2D eigenvalue weighted by Crippen LogP contribution is 2.18.